The molecule has 4 rings (SSSR count). The molecule has 0 amide bonds. The molecule has 28 heavy (non-hydrogen) atoms. The van der Waals surface area contributed by atoms with Crippen molar-refractivity contribution in [1.29, 1.82) is 0 Å². The maximum absolute atomic E-state index is 13.7. The normalized spacial score (nSPS) is 11.7. The Balaban J connectivity index is 1.93. The molecule has 1 heterocycles. The van der Waals surface area contributed by atoms with Gasteiger partial charge in [-0.15, -0.1) is 0 Å². The summed E-state index contributed by atoms with van der Waals surface area (Å²) in [5.41, 5.74) is 1.53. The van der Waals surface area contributed by atoms with E-state index in [9.17, 15) is 13.2 Å². The molecule has 0 aliphatic rings. The highest BCUT2D eigenvalue weighted by Crippen LogP contribution is 2.38. The molecule has 0 radical (unpaired) electrons. The van der Waals surface area contributed by atoms with E-state index < -0.39 is 11.7 Å². The van der Waals surface area contributed by atoms with Gasteiger partial charge in [-0.1, -0.05) is 42.5 Å². The van der Waals surface area contributed by atoms with Crippen molar-refractivity contribution in [2.75, 3.05) is 7.11 Å². The Kier molecular flexibility index (Phi) is 4.55. The summed E-state index contributed by atoms with van der Waals surface area (Å²) < 4.78 is 47.7. The number of methoxy groups -OCH3 is 1. The predicted octanol–water partition coefficient (Wildman–Crippen LogP) is 5.78. The second-order valence-corrected chi connectivity index (χ2v) is 6.42. The summed E-state index contributed by atoms with van der Waals surface area (Å²) in [4.78, 5) is 0. The van der Waals surface area contributed by atoms with Gasteiger partial charge in [-0.2, -0.15) is 18.3 Å². The van der Waals surface area contributed by atoms with Crippen molar-refractivity contribution < 1.29 is 17.9 Å². The fourth-order valence-corrected chi connectivity index (χ4v) is 3.30. The molecule has 3 nitrogen and oxygen atoms in total. The first-order chi connectivity index (χ1) is 13.5. The lowest BCUT2D eigenvalue weighted by molar-refractivity contribution is -0.136. The SMILES string of the molecule is COc1ccc(-c2nn(Cc3ccccc3)c3c(C(F)(F)F)cccc23)cc1. The van der Waals surface area contributed by atoms with E-state index in [0.29, 0.717) is 16.8 Å². The predicted molar refractivity (Wildman–Crippen MR) is 102 cm³/mol. The number of aromatic nitrogens is 2. The number of alkyl halides is 3. The fourth-order valence-electron chi connectivity index (χ4n) is 3.30. The summed E-state index contributed by atoms with van der Waals surface area (Å²) in [7, 11) is 1.56. The van der Waals surface area contributed by atoms with Crippen LogP contribution in [0.5, 0.6) is 5.75 Å². The number of benzene rings is 3. The monoisotopic (exact) mass is 382 g/mol. The third kappa shape index (κ3) is 3.33. The van der Waals surface area contributed by atoms with E-state index in [-0.39, 0.29) is 12.1 Å². The smallest absolute Gasteiger partial charge is 0.418 e. The highest BCUT2D eigenvalue weighted by atomic mass is 19.4. The van der Waals surface area contributed by atoms with Crippen molar-refractivity contribution in [3.05, 3.63) is 83.9 Å². The van der Waals surface area contributed by atoms with Gasteiger partial charge in [0.2, 0.25) is 0 Å². The first-order valence-electron chi connectivity index (χ1n) is 8.72. The van der Waals surface area contributed by atoms with Gasteiger partial charge in [0, 0.05) is 10.9 Å². The first-order valence-corrected chi connectivity index (χ1v) is 8.72. The molecule has 0 atom stereocenters. The van der Waals surface area contributed by atoms with Crippen molar-refractivity contribution in [3.8, 4) is 17.0 Å². The average Bonchev–Trinajstić information content (AvgIpc) is 3.06. The number of fused-ring (bicyclic) bond motifs is 1. The second kappa shape index (κ2) is 7.03. The van der Waals surface area contributed by atoms with Crippen LogP contribution in [0.4, 0.5) is 13.2 Å². The van der Waals surface area contributed by atoms with Crippen LogP contribution in [0.25, 0.3) is 22.2 Å². The minimum absolute atomic E-state index is 0.0877. The number of rotatable bonds is 4. The van der Waals surface area contributed by atoms with Crippen molar-refractivity contribution in [3.63, 3.8) is 0 Å². The van der Waals surface area contributed by atoms with Crippen molar-refractivity contribution in [1.82, 2.24) is 9.78 Å². The molecule has 0 saturated heterocycles. The molecule has 4 aromatic rings. The quantitative estimate of drug-likeness (QED) is 0.447. The van der Waals surface area contributed by atoms with Gasteiger partial charge in [0.15, 0.2) is 0 Å². The molecule has 1 aromatic heterocycles. The molecule has 0 bridgehead atoms. The third-order valence-electron chi connectivity index (χ3n) is 4.61. The zero-order valence-electron chi connectivity index (χ0n) is 15.1. The Labute approximate surface area is 160 Å². The van der Waals surface area contributed by atoms with Crippen LogP contribution in [0.15, 0.2) is 72.8 Å². The van der Waals surface area contributed by atoms with Crippen molar-refractivity contribution in [2.45, 2.75) is 12.7 Å². The molecule has 0 N–H and O–H groups in total. The van der Waals surface area contributed by atoms with Gasteiger partial charge in [0.1, 0.15) is 11.4 Å². The zero-order chi connectivity index (χ0) is 19.7. The van der Waals surface area contributed by atoms with Gasteiger partial charge >= 0.3 is 6.18 Å². The molecule has 0 saturated carbocycles. The van der Waals surface area contributed by atoms with Crippen LogP contribution in [-0.4, -0.2) is 16.9 Å². The van der Waals surface area contributed by atoms with Crippen LogP contribution in [0.3, 0.4) is 0 Å². The maximum Gasteiger partial charge on any atom is 0.418 e. The molecule has 0 fully saturated rings. The summed E-state index contributed by atoms with van der Waals surface area (Å²) in [5.74, 6) is 0.674. The Morgan fingerprint density at radius 3 is 2.25 bits per heavy atom. The number of halogens is 3. The average molecular weight is 382 g/mol. The topological polar surface area (TPSA) is 27.1 Å². The van der Waals surface area contributed by atoms with Gasteiger partial charge in [-0.25, -0.2) is 0 Å². The van der Waals surface area contributed by atoms with E-state index in [1.807, 2.05) is 30.3 Å². The lowest BCUT2D eigenvalue weighted by Gasteiger charge is -2.11. The van der Waals surface area contributed by atoms with E-state index in [0.717, 1.165) is 17.2 Å². The minimum Gasteiger partial charge on any atom is -0.497 e. The van der Waals surface area contributed by atoms with E-state index in [2.05, 4.69) is 5.10 Å². The van der Waals surface area contributed by atoms with Crippen molar-refractivity contribution in [2.24, 2.45) is 0 Å². The number of para-hydroxylation sites is 1. The Morgan fingerprint density at radius 1 is 0.893 bits per heavy atom. The molecule has 142 valence electrons. The van der Waals surface area contributed by atoms with Crippen LogP contribution in [0.2, 0.25) is 0 Å². The van der Waals surface area contributed by atoms with E-state index >= 15 is 0 Å². The van der Waals surface area contributed by atoms with Crippen LogP contribution in [0.1, 0.15) is 11.1 Å². The Hall–Kier alpha value is -3.28. The summed E-state index contributed by atoms with van der Waals surface area (Å²) >= 11 is 0. The van der Waals surface area contributed by atoms with Crippen LogP contribution in [-0.2, 0) is 12.7 Å². The summed E-state index contributed by atoms with van der Waals surface area (Å²) in [6, 6.07) is 20.7. The van der Waals surface area contributed by atoms with Crippen molar-refractivity contribution >= 4 is 10.9 Å². The van der Waals surface area contributed by atoms with Crippen LogP contribution in [0, 0.1) is 0 Å². The lowest BCUT2D eigenvalue weighted by Crippen LogP contribution is -2.10. The highest BCUT2D eigenvalue weighted by Gasteiger charge is 2.34. The zero-order valence-corrected chi connectivity index (χ0v) is 15.1. The first kappa shape index (κ1) is 18.1. The van der Waals surface area contributed by atoms with Gasteiger partial charge in [0.25, 0.3) is 0 Å². The lowest BCUT2D eigenvalue weighted by atomic mass is 10.0. The molecule has 3 aromatic carbocycles. The standard InChI is InChI=1S/C22H17F3N2O/c1-28-17-12-10-16(11-13-17)20-18-8-5-9-19(22(23,24)25)21(18)27(26-20)14-15-6-3-2-4-7-15/h2-13H,14H2,1H3. The van der Waals surface area contributed by atoms with E-state index in [1.165, 1.54) is 10.7 Å². The van der Waals surface area contributed by atoms with Gasteiger partial charge in [0.05, 0.1) is 24.7 Å². The molecule has 6 heteroatoms. The van der Waals surface area contributed by atoms with E-state index in [4.69, 9.17) is 4.74 Å². The molecule has 0 aliphatic carbocycles. The van der Waals surface area contributed by atoms with E-state index in [1.54, 1.807) is 37.4 Å². The third-order valence-corrected chi connectivity index (χ3v) is 4.61. The second-order valence-electron chi connectivity index (χ2n) is 6.42. The Bertz CT molecular complexity index is 1100. The minimum atomic E-state index is -4.47. The van der Waals surface area contributed by atoms with Gasteiger partial charge in [-0.05, 0) is 35.9 Å². The summed E-state index contributed by atoms with van der Waals surface area (Å²) in [6.07, 6.45) is -4.47. The molecule has 0 unspecified atom stereocenters. The maximum atomic E-state index is 13.7. The summed E-state index contributed by atoms with van der Waals surface area (Å²) in [6.45, 7) is 0.251. The van der Waals surface area contributed by atoms with Crippen LogP contribution < -0.4 is 4.74 Å². The summed E-state index contributed by atoms with van der Waals surface area (Å²) in [5, 5.41) is 5.03. The van der Waals surface area contributed by atoms with Crippen LogP contribution >= 0.6 is 0 Å². The molecular weight excluding hydrogens is 365 g/mol. The number of hydrogen-bond acceptors (Lipinski definition) is 2. The fraction of sp³-hybridized carbons (Fsp3) is 0.136. The Morgan fingerprint density at radius 2 is 1.61 bits per heavy atom. The molecule has 0 aliphatic heterocycles. The number of hydrogen-bond donors (Lipinski definition) is 0. The number of nitrogens with zero attached hydrogens (tertiary/aromatic N) is 2. The van der Waals surface area contributed by atoms with Gasteiger partial charge < -0.3 is 4.74 Å². The number of ether oxygens (including phenoxy) is 1. The highest BCUT2D eigenvalue weighted by molar-refractivity contribution is 5.95. The molecular formula is C22H17F3N2O. The molecule has 0 spiro atoms. The largest absolute Gasteiger partial charge is 0.497 e. The van der Waals surface area contributed by atoms with Gasteiger partial charge in [-0.3, -0.25) is 4.68 Å².